The van der Waals surface area contributed by atoms with Crippen LogP contribution in [0, 0.1) is 0 Å². The van der Waals surface area contributed by atoms with Crippen LogP contribution >= 0.6 is 15.6 Å². The Morgan fingerprint density at radius 2 is 1.05 bits per heavy atom. The Bertz CT molecular complexity index is 261. The average molecular weight is 335 g/mol. The van der Waals surface area contributed by atoms with E-state index in [-0.39, 0.29) is 0 Å². The standard InChI is InChI=1S/C16H35NO2P2/c1-4-7-10-17(11-15-20(18)13-8-5-2)12-16-21(19)14-9-6-3/h4-16H2,1-3H3/q+2. The molecule has 0 rings (SSSR count). The van der Waals surface area contributed by atoms with Crippen LogP contribution in [0.15, 0.2) is 0 Å². The Kier molecular flexibility index (Phi) is 15.2. The van der Waals surface area contributed by atoms with E-state index in [1.54, 1.807) is 0 Å². The van der Waals surface area contributed by atoms with Crippen LogP contribution < -0.4 is 0 Å². The summed E-state index contributed by atoms with van der Waals surface area (Å²) in [5, 5.41) is 0. The fourth-order valence-corrected chi connectivity index (χ4v) is 4.91. The molecule has 0 saturated heterocycles. The van der Waals surface area contributed by atoms with Crippen molar-refractivity contribution in [3.63, 3.8) is 0 Å². The van der Waals surface area contributed by atoms with Crippen molar-refractivity contribution in [2.75, 3.05) is 44.3 Å². The van der Waals surface area contributed by atoms with E-state index < -0.39 is 15.6 Å². The minimum absolute atomic E-state index is 0.810. The Hall–Kier alpha value is 0.160. The highest BCUT2D eigenvalue weighted by Crippen LogP contribution is 2.24. The molecule has 0 aromatic heterocycles. The second-order valence-electron chi connectivity index (χ2n) is 5.76. The SMILES string of the molecule is CCCCN(CC[P+](=O)CCCC)CC[P+](=O)CCCC. The van der Waals surface area contributed by atoms with Gasteiger partial charge in [-0.25, -0.2) is 0 Å². The molecule has 0 aliphatic rings. The minimum atomic E-state index is -1.03. The van der Waals surface area contributed by atoms with Crippen LogP contribution in [-0.2, 0) is 9.13 Å². The lowest BCUT2D eigenvalue weighted by Crippen LogP contribution is -2.29. The number of nitrogens with zero attached hydrogens (tertiary/aromatic N) is 1. The fourth-order valence-electron chi connectivity index (χ4n) is 2.12. The number of unbranched alkanes of at least 4 members (excludes halogenated alkanes) is 3. The quantitative estimate of drug-likeness (QED) is 0.379. The molecule has 0 spiro atoms. The number of hydrogen-bond acceptors (Lipinski definition) is 3. The molecule has 0 fully saturated rings. The van der Waals surface area contributed by atoms with Crippen LogP contribution in [0.4, 0.5) is 0 Å². The van der Waals surface area contributed by atoms with Gasteiger partial charge in [-0.05, 0) is 25.8 Å². The molecule has 5 heteroatoms. The topological polar surface area (TPSA) is 37.4 Å². The van der Waals surface area contributed by atoms with Crippen molar-refractivity contribution in [1.29, 1.82) is 0 Å². The monoisotopic (exact) mass is 335 g/mol. The van der Waals surface area contributed by atoms with E-state index in [9.17, 15) is 9.13 Å². The third kappa shape index (κ3) is 13.5. The zero-order valence-corrected chi connectivity index (χ0v) is 16.1. The second-order valence-corrected chi connectivity index (χ2v) is 9.48. The Morgan fingerprint density at radius 1 is 0.619 bits per heavy atom. The third-order valence-corrected chi connectivity index (χ3v) is 6.71. The van der Waals surface area contributed by atoms with Gasteiger partial charge in [-0.15, -0.1) is 0 Å². The van der Waals surface area contributed by atoms with E-state index in [1.807, 2.05) is 0 Å². The summed E-state index contributed by atoms with van der Waals surface area (Å²) in [6.07, 6.45) is 10.1. The lowest BCUT2D eigenvalue weighted by Gasteiger charge is -2.17. The molecule has 0 radical (unpaired) electrons. The Labute approximate surface area is 133 Å². The maximum absolute atomic E-state index is 11.9. The molecule has 0 aliphatic heterocycles. The summed E-state index contributed by atoms with van der Waals surface area (Å²) in [7, 11) is -2.07. The highest BCUT2D eigenvalue weighted by molar-refractivity contribution is 7.44. The van der Waals surface area contributed by atoms with Gasteiger partial charge in [0.25, 0.3) is 0 Å². The zero-order chi connectivity index (χ0) is 15.9. The highest BCUT2D eigenvalue weighted by Gasteiger charge is 2.20. The highest BCUT2D eigenvalue weighted by atomic mass is 31.1. The van der Waals surface area contributed by atoms with Crippen molar-refractivity contribution in [2.24, 2.45) is 0 Å². The van der Waals surface area contributed by atoms with E-state index in [4.69, 9.17) is 0 Å². The first-order chi connectivity index (χ1) is 10.1. The molecule has 0 bridgehead atoms. The molecule has 0 aromatic rings. The summed E-state index contributed by atoms with van der Waals surface area (Å²) in [4.78, 5) is 2.38. The zero-order valence-electron chi connectivity index (χ0n) is 14.4. The minimum Gasteiger partial charge on any atom is -0.295 e. The van der Waals surface area contributed by atoms with E-state index in [2.05, 4.69) is 25.7 Å². The maximum Gasteiger partial charge on any atom is 0.340 e. The summed E-state index contributed by atoms with van der Waals surface area (Å²) in [5.74, 6) is 0. The smallest absolute Gasteiger partial charge is 0.295 e. The van der Waals surface area contributed by atoms with Gasteiger partial charge < -0.3 is 0 Å². The van der Waals surface area contributed by atoms with E-state index in [1.165, 1.54) is 12.8 Å². The maximum atomic E-state index is 11.9. The second kappa shape index (κ2) is 15.1. The van der Waals surface area contributed by atoms with Crippen LogP contribution in [0.2, 0.25) is 0 Å². The molecule has 21 heavy (non-hydrogen) atoms. The van der Waals surface area contributed by atoms with Gasteiger partial charge >= 0.3 is 15.6 Å². The molecule has 0 heterocycles. The van der Waals surface area contributed by atoms with Crippen molar-refractivity contribution in [2.45, 2.75) is 59.3 Å². The van der Waals surface area contributed by atoms with Gasteiger partial charge in [-0.3, -0.25) is 4.90 Å². The van der Waals surface area contributed by atoms with Crippen LogP contribution in [0.5, 0.6) is 0 Å². The fraction of sp³-hybridized carbons (Fsp3) is 1.00. The first-order valence-corrected chi connectivity index (χ1v) is 12.0. The molecule has 2 atom stereocenters. The summed E-state index contributed by atoms with van der Waals surface area (Å²) in [5.41, 5.74) is 0. The van der Waals surface area contributed by atoms with Crippen molar-refractivity contribution in [3.05, 3.63) is 0 Å². The number of rotatable bonds is 15. The predicted octanol–water partition coefficient (Wildman–Crippen LogP) is 5.34. The van der Waals surface area contributed by atoms with Crippen LogP contribution in [-0.4, -0.2) is 49.2 Å². The Balaban J connectivity index is 4.01. The van der Waals surface area contributed by atoms with Crippen LogP contribution in [0.3, 0.4) is 0 Å². The van der Waals surface area contributed by atoms with Gasteiger partial charge in [0, 0.05) is 13.1 Å². The summed E-state index contributed by atoms with van der Waals surface area (Å²) in [6.45, 7) is 9.37. The average Bonchev–Trinajstić information content (AvgIpc) is 2.49. The van der Waals surface area contributed by atoms with Crippen molar-refractivity contribution in [1.82, 2.24) is 4.90 Å². The van der Waals surface area contributed by atoms with E-state index in [0.717, 1.165) is 70.0 Å². The summed E-state index contributed by atoms with van der Waals surface area (Å²) in [6, 6.07) is 0. The van der Waals surface area contributed by atoms with E-state index >= 15 is 0 Å². The first kappa shape index (κ1) is 21.2. The molecular weight excluding hydrogens is 300 g/mol. The lowest BCUT2D eigenvalue weighted by molar-refractivity contribution is 0.301. The third-order valence-electron chi connectivity index (χ3n) is 3.68. The van der Waals surface area contributed by atoms with Gasteiger partial charge in [0.2, 0.25) is 0 Å². The lowest BCUT2D eigenvalue weighted by atomic mass is 10.3. The van der Waals surface area contributed by atoms with Crippen LogP contribution in [0.25, 0.3) is 0 Å². The molecule has 0 N–H and O–H groups in total. The van der Waals surface area contributed by atoms with Crippen molar-refractivity contribution < 1.29 is 9.13 Å². The van der Waals surface area contributed by atoms with Gasteiger partial charge in [0.15, 0.2) is 12.3 Å². The molecule has 2 unspecified atom stereocenters. The molecule has 0 saturated carbocycles. The normalized spacial score (nSPS) is 12.8. The molecule has 124 valence electrons. The van der Waals surface area contributed by atoms with Gasteiger partial charge in [-0.1, -0.05) is 49.2 Å². The molecule has 3 nitrogen and oxygen atoms in total. The van der Waals surface area contributed by atoms with Crippen molar-refractivity contribution in [3.8, 4) is 0 Å². The van der Waals surface area contributed by atoms with E-state index in [0.29, 0.717) is 0 Å². The number of hydrogen-bond donors (Lipinski definition) is 0. The van der Waals surface area contributed by atoms with Crippen LogP contribution in [0.1, 0.15) is 59.3 Å². The predicted molar refractivity (Wildman–Crippen MR) is 95.8 cm³/mol. The summed E-state index contributed by atoms with van der Waals surface area (Å²) < 4.78 is 23.8. The molecular formula is C16H35NO2P2+2. The van der Waals surface area contributed by atoms with Gasteiger partial charge in [-0.2, -0.15) is 0 Å². The van der Waals surface area contributed by atoms with Crippen molar-refractivity contribution >= 4 is 15.6 Å². The Morgan fingerprint density at radius 3 is 1.43 bits per heavy atom. The molecule has 0 aliphatic carbocycles. The largest absolute Gasteiger partial charge is 0.340 e. The summed E-state index contributed by atoms with van der Waals surface area (Å²) >= 11 is 0. The van der Waals surface area contributed by atoms with Gasteiger partial charge in [0.05, 0.1) is 0 Å². The van der Waals surface area contributed by atoms with Gasteiger partial charge in [0.1, 0.15) is 12.3 Å². The molecule has 0 aromatic carbocycles. The first-order valence-electron chi connectivity index (χ1n) is 8.70. The molecule has 0 amide bonds.